The molecule has 6 heteroatoms. The summed E-state index contributed by atoms with van der Waals surface area (Å²) in [6.45, 7) is 3.69. The number of H-pyrrole nitrogens is 1. The third-order valence-corrected chi connectivity index (χ3v) is 6.13. The van der Waals surface area contributed by atoms with Crippen molar-refractivity contribution in [2.75, 3.05) is 32.1 Å². The quantitative estimate of drug-likeness (QED) is 0.579. The molecule has 1 aliphatic rings. The predicted molar refractivity (Wildman–Crippen MR) is 123 cm³/mol. The van der Waals surface area contributed by atoms with Gasteiger partial charge in [-0.1, -0.05) is 23.7 Å². The third kappa shape index (κ3) is 4.27. The van der Waals surface area contributed by atoms with E-state index in [9.17, 15) is 4.79 Å². The number of hydrogen-bond acceptors (Lipinski definition) is 4. The Hall–Kier alpha value is -2.63. The monoisotopic (exact) mass is 422 g/mol. The number of carbonyl (C=O) groups is 1. The van der Waals surface area contributed by atoms with Crippen LogP contribution in [0.2, 0.25) is 5.02 Å². The zero-order valence-corrected chi connectivity index (χ0v) is 18.4. The molecule has 1 saturated heterocycles. The van der Waals surface area contributed by atoms with E-state index >= 15 is 0 Å². The summed E-state index contributed by atoms with van der Waals surface area (Å²) in [5.74, 6) is 0.655. The van der Waals surface area contributed by atoms with Gasteiger partial charge in [0.25, 0.3) is 0 Å². The molecule has 4 rings (SSSR count). The molecule has 1 aliphatic heterocycles. The van der Waals surface area contributed by atoms with Crippen LogP contribution in [0.15, 0.2) is 48.5 Å². The van der Waals surface area contributed by atoms with Crippen molar-refractivity contribution >= 4 is 23.1 Å². The minimum absolute atomic E-state index is 0.0425. The minimum atomic E-state index is -0.0425. The normalized spacial score (nSPS) is 15.0. The zero-order chi connectivity index (χ0) is 21.3. The highest BCUT2D eigenvalue weighted by molar-refractivity contribution is 6.30. The fourth-order valence-electron chi connectivity index (χ4n) is 4.05. The number of carbonyl (C=O) groups excluding carboxylic acids is 1. The molecule has 1 fully saturated rings. The summed E-state index contributed by atoms with van der Waals surface area (Å²) in [6.07, 6.45) is 2.36. The average Bonchev–Trinajstić information content (AvgIpc) is 3.20. The molecule has 0 amide bonds. The van der Waals surface area contributed by atoms with Gasteiger partial charge < -0.3 is 14.8 Å². The lowest BCUT2D eigenvalue weighted by Crippen LogP contribution is -2.41. The van der Waals surface area contributed by atoms with E-state index in [0.29, 0.717) is 28.3 Å². The summed E-state index contributed by atoms with van der Waals surface area (Å²) < 4.78 is 0. The van der Waals surface area contributed by atoms with Crippen LogP contribution in [0.1, 0.15) is 30.3 Å². The SMILES string of the molecule is CC(=O)c1[nH]c(-c2ccc(N3CCC(N(C)C)CC3)cc2)nc1-c1ccc(Cl)cc1. The van der Waals surface area contributed by atoms with Crippen LogP contribution in [-0.2, 0) is 0 Å². The van der Waals surface area contributed by atoms with Gasteiger partial charge in [0.2, 0.25) is 0 Å². The summed E-state index contributed by atoms with van der Waals surface area (Å²) in [6, 6.07) is 16.5. The van der Waals surface area contributed by atoms with Crippen molar-refractivity contribution in [1.29, 1.82) is 0 Å². The second-order valence-corrected chi connectivity index (χ2v) is 8.54. The number of Topliss-reactive ketones (excluding diaryl/α,β-unsaturated/α-hetero) is 1. The topological polar surface area (TPSA) is 52.2 Å². The van der Waals surface area contributed by atoms with Gasteiger partial charge in [0.05, 0.1) is 5.69 Å². The van der Waals surface area contributed by atoms with Crippen molar-refractivity contribution < 1.29 is 4.79 Å². The molecule has 1 N–H and O–H groups in total. The molecule has 30 heavy (non-hydrogen) atoms. The molecule has 0 aliphatic carbocycles. The first-order chi connectivity index (χ1) is 14.4. The zero-order valence-electron chi connectivity index (χ0n) is 17.7. The van der Waals surface area contributed by atoms with Gasteiger partial charge in [0, 0.05) is 47.9 Å². The van der Waals surface area contributed by atoms with Crippen molar-refractivity contribution in [2.24, 2.45) is 0 Å². The highest BCUT2D eigenvalue weighted by Gasteiger charge is 2.21. The molecule has 0 atom stereocenters. The Morgan fingerprint density at radius 2 is 1.63 bits per heavy atom. The van der Waals surface area contributed by atoms with Crippen LogP contribution in [0, 0.1) is 0 Å². The van der Waals surface area contributed by atoms with Crippen molar-refractivity contribution in [3.63, 3.8) is 0 Å². The number of rotatable bonds is 5. The number of imidazole rings is 1. The number of piperidine rings is 1. The number of nitrogens with zero attached hydrogens (tertiary/aromatic N) is 3. The third-order valence-electron chi connectivity index (χ3n) is 5.87. The van der Waals surface area contributed by atoms with Gasteiger partial charge in [-0.15, -0.1) is 0 Å². The lowest BCUT2D eigenvalue weighted by Gasteiger charge is -2.36. The number of halogens is 1. The molecule has 0 unspecified atom stereocenters. The predicted octanol–water partition coefficient (Wildman–Crippen LogP) is 5.13. The number of nitrogens with one attached hydrogen (secondary N) is 1. The van der Waals surface area contributed by atoms with E-state index in [4.69, 9.17) is 16.6 Å². The fraction of sp³-hybridized carbons (Fsp3) is 0.333. The van der Waals surface area contributed by atoms with Gasteiger partial charge >= 0.3 is 0 Å². The van der Waals surface area contributed by atoms with E-state index in [2.05, 4.69) is 53.1 Å². The molecule has 5 nitrogen and oxygen atoms in total. The summed E-state index contributed by atoms with van der Waals surface area (Å²) in [7, 11) is 4.32. The van der Waals surface area contributed by atoms with Crippen LogP contribution in [-0.4, -0.2) is 53.9 Å². The Bertz CT molecular complexity index is 1020. The number of anilines is 1. The van der Waals surface area contributed by atoms with Gasteiger partial charge in [-0.25, -0.2) is 4.98 Å². The number of benzene rings is 2. The van der Waals surface area contributed by atoms with Gasteiger partial charge in [-0.05, 0) is 63.3 Å². The van der Waals surface area contributed by atoms with Crippen molar-refractivity contribution in [2.45, 2.75) is 25.8 Å². The molecule has 0 radical (unpaired) electrons. The van der Waals surface area contributed by atoms with Crippen molar-refractivity contribution in [3.8, 4) is 22.6 Å². The van der Waals surface area contributed by atoms with E-state index in [1.165, 1.54) is 18.5 Å². The summed E-state index contributed by atoms with van der Waals surface area (Å²) in [5, 5.41) is 0.657. The summed E-state index contributed by atoms with van der Waals surface area (Å²) in [5.41, 5.74) is 4.23. The van der Waals surface area contributed by atoms with E-state index in [1.807, 2.05) is 24.3 Å². The first kappa shape index (κ1) is 20.6. The van der Waals surface area contributed by atoms with Gasteiger partial charge in [0.1, 0.15) is 11.5 Å². The van der Waals surface area contributed by atoms with Crippen LogP contribution in [0.5, 0.6) is 0 Å². The molecule has 1 aromatic heterocycles. The maximum Gasteiger partial charge on any atom is 0.178 e. The molecule has 3 aromatic rings. The van der Waals surface area contributed by atoms with Crippen LogP contribution in [0.4, 0.5) is 5.69 Å². The van der Waals surface area contributed by atoms with Crippen molar-refractivity contribution in [1.82, 2.24) is 14.9 Å². The number of hydrogen-bond donors (Lipinski definition) is 1. The Kier molecular flexibility index (Phi) is 5.93. The van der Waals surface area contributed by atoms with Gasteiger partial charge in [-0.2, -0.15) is 0 Å². The Labute approximate surface area is 182 Å². The summed E-state index contributed by atoms with van der Waals surface area (Å²) in [4.78, 5) is 24.9. The van der Waals surface area contributed by atoms with E-state index in [0.717, 1.165) is 24.2 Å². The summed E-state index contributed by atoms with van der Waals surface area (Å²) >= 11 is 6.00. The molecule has 0 saturated carbocycles. The van der Waals surface area contributed by atoms with E-state index < -0.39 is 0 Å². The highest BCUT2D eigenvalue weighted by Crippen LogP contribution is 2.29. The Balaban J connectivity index is 1.57. The first-order valence-electron chi connectivity index (χ1n) is 10.3. The minimum Gasteiger partial charge on any atom is -0.371 e. The fourth-order valence-corrected chi connectivity index (χ4v) is 4.18. The van der Waals surface area contributed by atoms with Gasteiger partial charge in [0.15, 0.2) is 5.78 Å². The van der Waals surface area contributed by atoms with E-state index in [1.54, 1.807) is 6.92 Å². The van der Waals surface area contributed by atoms with E-state index in [-0.39, 0.29) is 5.78 Å². The number of aromatic nitrogens is 2. The second-order valence-electron chi connectivity index (χ2n) is 8.10. The number of aromatic amines is 1. The molecule has 2 aromatic carbocycles. The molecule has 0 spiro atoms. The molecular weight excluding hydrogens is 396 g/mol. The highest BCUT2D eigenvalue weighted by atomic mass is 35.5. The molecule has 2 heterocycles. The Morgan fingerprint density at radius 1 is 1.03 bits per heavy atom. The molecule has 0 bridgehead atoms. The smallest absolute Gasteiger partial charge is 0.178 e. The average molecular weight is 423 g/mol. The Morgan fingerprint density at radius 3 is 2.20 bits per heavy atom. The molecule has 156 valence electrons. The standard InChI is InChI=1S/C24H27ClN4O/c1-16(30)22-23(17-4-8-19(25)9-5-17)27-24(26-22)18-6-10-21(11-7-18)29-14-12-20(13-15-29)28(2)3/h4-11,20H,12-15H2,1-3H3,(H,26,27). The van der Waals surface area contributed by atoms with Gasteiger partial charge in [-0.3, -0.25) is 4.79 Å². The van der Waals surface area contributed by atoms with Crippen molar-refractivity contribution in [3.05, 3.63) is 59.2 Å². The largest absolute Gasteiger partial charge is 0.371 e. The lowest BCUT2D eigenvalue weighted by atomic mass is 10.0. The first-order valence-corrected chi connectivity index (χ1v) is 10.7. The van der Waals surface area contributed by atoms with Crippen LogP contribution < -0.4 is 4.90 Å². The van der Waals surface area contributed by atoms with Crippen LogP contribution in [0.25, 0.3) is 22.6 Å². The second kappa shape index (κ2) is 8.62. The maximum atomic E-state index is 12.2. The van der Waals surface area contributed by atoms with Crippen LogP contribution in [0.3, 0.4) is 0 Å². The molecular formula is C24H27ClN4O. The maximum absolute atomic E-state index is 12.2. The lowest BCUT2D eigenvalue weighted by molar-refractivity contribution is 0.101. The van der Waals surface area contributed by atoms with Crippen LogP contribution >= 0.6 is 11.6 Å². The number of ketones is 1.